The molecule has 0 aliphatic heterocycles. The largest absolute Gasteiger partial charge is 0.480 e. The molecule has 0 heterocycles. The SMILES string of the molecule is NCCS(=O)CC(N)C(=O)O. The Bertz CT molecular complexity index is 162. The van der Waals surface area contributed by atoms with Crippen molar-refractivity contribution in [2.45, 2.75) is 6.04 Å². The zero-order chi connectivity index (χ0) is 8.85. The van der Waals surface area contributed by atoms with Crippen molar-refractivity contribution >= 4 is 16.8 Å². The van der Waals surface area contributed by atoms with Crippen LogP contribution in [0.4, 0.5) is 0 Å². The van der Waals surface area contributed by atoms with Crippen LogP contribution in [0.15, 0.2) is 0 Å². The van der Waals surface area contributed by atoms with Gasteiger partial charge in [-0.15, -0.1) is 0 Å². The van der Waals surface area contributed by atoms with E-state index in [1.54, 1.807) is 0 Å². The van der Waals surface area contributed by atoms with Gasteiger partial charge in [-0.1, -0.05) is 0 Å². The van der Waals surface area contributed by atoms with E-state index in [4.69, 9.17) is 16.6 Å². The van der Waals surface area contributed by atoms with E-state index < -0.39 is 22.8 Å². The molecule has 0 radical (unpaired) electrons. The normalized spacial score (nSPS) is 15.8. The first kappa shape index (κ1) is 10.5. The minimum atomic E-state index is -1.20. The number of hydrogen-bond donors (Lipinski definition) is 3. The summed E-state index contributed by atoms with van der Waals surface area (Å²) in [5.74, 6) is -0.844. The van der Waals surface area contributed by atoms with Crippen LogP contribution in [0.25, 0.3) is 0 Å². The Balaban J connectivity index is 3.66. The van der Waals surface area contributed by atoms with Crippen molar-refractivity contribution in [1.29, 1.82) is 0 Å². The van der Waals surface area contributed by atoms with Crippen molar-refractivity contribution in [2.24, 2.45) is 11.5 Å². The van der Waals surface area contributed by atoms with E-state index in [1.807, 2.05) is 0 Å². The molecule has 5 nitrogen and oxygen atoms in total. The molecule has 0 aromatic rings. The summed E-state index contributed by atoms with van der Waals surface area (Å²) in [6, 6.07) is -1.04. The molecule has 5 N–H and O–H groups in total. The first-order chi connectivity index (χ1) is 5.07. The number of hydrogen-bond acceptors (Lipinski definition) is 4. The highest BCUT2D eigenvalue weighted by atomic mass is 32.2. The Morgan fingerprint density at radius 2 is 2.18 bits per heavy atom. The minimum absolute atomic E-state index is 0.0213. The lowest BCUT2D eigenvalue weighted by molar-refractivity contribution is -0.137. The van der Waals surface area contributed by atoms with Crippen molar-refractivity contribution in [1.82, 2.24) is 0 Å². The molecule has 0 aliphatic rings. The van der Waals surface area contributed by atoms with Crippen molar-refractivity contribution < 1.29 is 14.1 Å². The monoisotopic (exact) mass is 180 g/mol. The third kappa shape index (κ3) is 4.88. The second kappa shape index (κ2) is 5.22. The molecule has 0 aromatic carbocycles. The Morgan fingerprint density at radius 3 is 2.55 bits per heavy atom. The summed E-state index contributed by atoms with van der Waals surface area (Å²) in [6.45, 7) is 0.291. The van der Waals surface area contributed by atoms with Gasteiger partial charge in [0.05, 0.1) is 0 Å². The Kier molecular flexibility index (Phi) is 5.01. The predicted molar refractivity (Wildman–Crippen MR) is 42.5 cm³/mol. The highest BCUT2D eigenvalue weighted by Gasteiger charge is 2.14. The van der Waals surface area contributed by atoms with Gasteiger partial charge in [-0.3, -0.25) is 9.00 Å². The maximum Gasteiger partial charge on any atom is 0.321 e. The van der Waals surface area contributed by atoms with Gasteiger partial charge in [0.15, 0.2) is 0 Å². The van der Waals surface area contributed by atoms with Crippen LogP contribution < -0.4 is 11.5 Å². The number of nitrogens with two attached hydrogens (primary N) is 2. The van der Waals surface area contributed by atoms with Crippen LogP contribution in [0.5, 0.6) is 0 Å². The number of carboxylic acid groups (broad SMARTS) is 1. The van der Waals surface area contributed by atoms with Crippen LogP contribution in [0.1, 0.15) is 0 Å². The molecule has 66 valence electrons. The molecular weight excluding hydrogens is 168 g/mol. The predicted octanol–water partition coefficient (Wildman–Crippen LogP) is -1.89. The van der Waals surface area contributed by atoms with E-state index in [2.05, 4.69) is 0 Å². The zero-order valence-electron chi connectivity index (χ0n) is 6.03. The lowest BCUT2D eigenvalue weighted by Crippen LogP contribution is -2.36. The summed E-state index contributed by atoms with van der Waals surface area (Å²) in [5, 5.41) is 8.31. The molecule has 0 amide bonds. The molecule has 0 rings (SSSR count). The van der Waals surface area contributed by atoms with Crippen molar-refractivity contribution in [3.8, 4) is 0 Å². The van der Waals surface area contributed by atoms with Gasteiger partial charge >= 0.3 is 5.97 Å². The fourth-order valence-electron chi connectivity index (χ4n) is 0.486. The molecule has 6 heteroatoms. The third-order valence-electron chi connectivity index (χ3n) is 1.03. The van der Waals surface area contributed by atoms with Gasteiger partial charge in [-0.05, 0) is 0 Å². The van der Waals surface area contributed by atoms with Gasteiger partial charge in [0.2, 0.25) is 0 Å². The van der Waals surface area contributed by atoms with E-state index in [0.717, 1.165) is 0 Å². The summed E-state index contributed by atoms with van der Waals surface area (Å²) in [5.41, 5.74) is 10.2. The van der Waals surface area contributed by atoms with Gasteiger partial charge in [0.25, 0.3) is 0 Å². The lowest BCUT2D eigenvalue weighted by atomic mass is 10.4. The van der Waals surface area contributed by atoms with Crippen LogP contribution >= 0.6 is 0 Å². The van der Waals surface area contributed by atoms with Gasteiger partial charge in [0.1, 0.15) is 6.04 Å². The number of rotatable bonds is 5. The molecule has 2 atom stereocenters. The van der Waals surface area contributed by atoms with Crippen LogP contribution in [0, 0.1) is 0 Å². The average Bonchev–Trinajstić information content (AvgIpc) is 1.87. The van der Waals surface area contributed by atoms with Gasteiger partial charge in [-0.2, -0.15) is 0 Å². The van der Waals surface area contributed by atoms with Crippen molar-refractivity contribution in [3.05, 3.63) is 0 Å². The van der Waals surface area contributed by atoms with Gasteiger partial charge in [-0.25, -0.2) is 0 Å². The maximum absolute atomic E-state index is 10.8. The van der Waals surface area contributed by atoms with Crippen LogP contribution in [-0.4, -0.2) is 39.4 Å². The van der Waals surface area contributed by atoms with Gasteiger partial charge < -0.3 is 16.6 Å². The second-order valence-corrected chi connectivity index (χ2v) is 3.67. The molecular formula is C5H12N2O3S. The van der Waals surface area contributed by atoms with Crippen LogP contribution in [0.2, 0.25) is 0 Å². The Hall–Kier alpha value is -0.460. The molecule has 0 fully saturated rings. The standard InChI is InChI=1S/C5H12N2O3S/c6-1-2-11(10)3-4(7)5(8)9/h4H,1-3,6-7H2,(H,8,9). The first-order valence-corrected chi connectivity index (χ1v) is 4.60. The molecule has 0 aromatic heterocycles. The zero-order valence-corrected chi connectivity index (χ0v) is 6.84. The number of carbonyl (C=O) groups is 1. The van der Waals surface area contributed by atoms with Crippen LogP contribution in [-0.2, 0) is 15.6 Å². The summed E-state index contributed by atoms with van der Waals surface area (Å²) < 4.78 is 10.8. The van der Waals surface area contributed by atoms with E-state index in [0.29, 0.717) is 12.3 Å². The third-order valence-corrected chi connectivity index (χ3v) is 2.45. The summed E-state index contributed by atoms with van der Waals surface area (Å²) in [6.07, 6.45) is 0. The van der Waals surface area contributed by atoms with E-state index in [1.165, 1.54) is 0 Å². The molecule has 0 saturated heterocycles. The molecule has 0 aliphatic carbocycles. The topological polar surface area (TPSA) is 106 Å². The number of carboxylic acids is 1. The molecule has 0 saturated carbocycles. The highest BCUT2D eigenvalue weighted by Crippen LogP contribution is 1.86. The second-order valence-electron chi connectivity index (χ2n) is 2.04. The van der Waals surface area contributed by atoms with Crippen molar-refractivity contribution in [2.75, 3.05) is 18.1 Å². The van der Waals surface area contributed by atoms with Gasteiger partial charge in [0, 0.05) is 28.9 Å². The Morgan fingerprint density at radius 1 is 1.64 bits per heavy atom. The fourth-order valence-corrected chi connectivity index (χ4v) is 1.46. The number of aliphatic carboxylic acids is 1. The summed E-state index contributed by atoms with van der Waals surface area (Å²) in [4.78, 5) is 10.1. The first-order valence-electron chi connectivity index (χ1n) is 3.11. The smallest absolute Gasteiger partial charge is 0.321 e. The minimum Gasteiger partial charge on any atom is -0.480 e. The molecule has 0 spiro atoms. The highest BCUT2D eigenvalue weighted by molar-refractivity contribution is 7.85. The van der Waals surface area contributed by atoms with Crippen LogP contribution in [0.3, 0.4) is 0 Å². The Labute approximate surface area is 67.2 Å². The van der Waals surface area contributed by atoms with E-state index in [9.17, 15) is 9.00 Å². The lowest BCUT2D eigenvalue weighted by Gasteiger charge is -2.04. The molecule has 0 bridgehead atoms. The van der Waals surface area contributed by atoms with E-state index >= 15 is 0 Å². The maximum atomic E-state index is 10.8. The average molecular weight is 180 g/mol. The van der Waals surface area contributed by atoms with Crippen molar-refractivity contribution in [3.63, 3.8) is 0 Å². The molecule has 11 heavy (non-hydrogen) atoms. The van der Waals surface area contributed by atoms with E-state index in [-0.39, 0.29) is 5.75 Å². The quantitative estimate of drug-likeness (QED) is 0.458. The molecule has 2 unspecified atom stereocenters. The summed E-state index contributed by atoms with van der Waals surface area (Å²) >= 11 is 0. The fraction of sp³-hybridized carbons (Fsp3) is 0.800. The summed E-state index contributed by atoms with van der Waals surface area (Å²) in [7, 11) is -1.20.